The SMILES string of the molecule is COCCOCCCNC(=O)c1cc(Cl)c(N)c(Cl)c1. The molecule has 0 aliphatic carbocycles. The number of nitrogen functional groups attached to an aromatic ring is 1. The molecule has 0 saturated carbocycles. The number of ether oxygens (including phenoxy) is 2. The van der Waals surface area contributed by atoms with Gasteiger partial charge in [-0.1, -0.05) is 23.2 Å². The summed E-state index contributed by atoms with van der Waals surface area (Å²) in [6, 6.07) is 2.99. The fraction of sp³-hybridized carbons (Fsp3) is 0.462. The van der Waals surface area contributed by atoms with E-state index in [2.05, 4.69) is 5.32 Å². The van der Waals surface area contributed by atoms with Gasteiger partial charge in [-0.15, -0.1) is 0 Å². The Hall–Kier alpha value is -1.01. The number of hydrogen-bond donors (Lipinski definition) is 2. The molecule has 20 heavy (non-hydrogen) atoms. The van der Waals surface area contributed by atoms with Crippen molar-refractivity contribution in [1.82, 2.24) is 5.32 Å². The van der Waals surface area contributed by atoms with Crippen molar-refractivity contribution in [2.75, 3.05) is 39.2 Å². The topological polar surface area (TPSA) is 73.6 Å². The smallest absolute Gasteiger partial charge is 0.251 e. The van der Waals surface area contributed by atoms with Crippen molar-refractivity contribution in [1.29, 1.82) is 0 Å². The molecule has 1 aromatic carbocycles. The summed E-state index contributed by atoms with van der Waals surface area (Å²) in [5, 5.41) is 3.29. The highest BCUT2D eigenvalue weighted by Gasteiger charge is 2.10. The van der Waals surface area contributed by atoms with Crippen LogP contribution in [-0.4, -0.2) is 39.4 Å². The molecule has 0 saturated heterocycles. The highest BCUT2D eigenvalue weighted by atomic mass is 35.5. The average Bonchev–Trinajstić information content (AvgIpc) is 2.43. The van der Waals surface area contributed by atoms with Crippen LogP contribution in [0.1, 0.15) is 16.8 Å². The maximum absolute atomic E-state index is 11.9. The van der Waals surface area contributed by atoms with E-state index in [0.717, 1.165) is 0 Å². The third kappa shape index (κ3) is 5.54. The van der Waals surface area contributed by atoms with Crippen molar-refractivity contribution in [3.05, 3.63) is 27.7 Å². The minimum atomic E-state index is -0.245. The van der Waals surface area contributed by atoms with Gasteiger partial charge in [-0.2, -0.15) is 0 Å². The number of methoxy groups -OCH3 is 1. The van der Waals surface area contributed by atoms with Crippen molar-refractivity contribution in [3.63, 3.8) is 0 Å². The van der Waals surface area contributed by atoms with Crippen LogP contribution in [-0.2, 0) is 9.47 Å². The van der Waals surface area contributed by atoms with Crippen LogP contribution in [0.15, 0.2) is 12.1 Å². The molecular weight excluding hydrogens is 303 g/mol. The molecule has 0 aliphatic heterocycles. The van der Waals surface area contributed by atoms with Gasteiger partial charge in [0.1, 0.15) is 0 Å². The molecule has 3 N–H and O–H groups in total. The minimum Gasteiger partial charge on any atom is -0.396 e. The number of halogens is 2. The van der Waals surface area contributed by atoms with E-state index in [1.54, 1.807) is 7.11 Å². The molecule has 1 amide bonds. The van der Waals surface area contributed by atoms with E-state index in [4.69, 9.17) is 38.4 Å². The second kappa shape index (κ2) is 9.02. The van der Waals surface area contributed by atoms with E-state index in [1.807, 2.05) is 0 Å². The minimum absolute atomic E-state index is 0.245. The highest BCUT2D eigenvalue weighted by Crippen LogP contribution is 2.28. The summed E-state index contributed by atoms with van der Waals surface area (Å²) in [6.07, 6.45) is 0.714. The molecule has 0 atom stereocenters. The Morgan fingerprint density at radius 2 is 1.90 bits per heavy atom. The average molecular weight is 321 g/mol. The first-order valence-corrected chi connectivity index (χ1v) is 6.91. The Bertz CT molecular complexity index is 432. The van der Waals surface area contributed by atoms with E-state index in [0.29, 0.717) is 38.3 Å². The predicted octanol–water partition coefficient (Wildman–Crippen LogP) is 2.36. The molecule has 0 unspecified atom stereocenters. The van der Waals surface area contributed by atoms with E-state index < -0.39 is 0 Å². The summed E-state index contributed by atoms with van der Waals surface area (Å²) >= 11 is 11.7. The normalized spacial score (nSPS) is 10.6. The van der Waals surface area contributed by atoms with Crippen LogP contribution >= 0.6 is 23.2 Å². The number of rotatable bonds is 8. The summed E-state index contributed by atoms with van der Waals surface area (Å²) in [5.74, 6) is -0.245. The number of nitrogens with two attached hydrogens (primary N) is 1. The monoisotopic (exact) mass is 320 g/mol. The van der Waals surface area contributed by atoms with Crippen molar-refractivity contribution >= 4 is 34.8 Å². The van der Waals surface area contributed by atoms with Crippen molar-refractivity contribution in [3.8, 4) is 0 Å². The second-order valence-electron chi connectivity index (χ2n) is 4.07. The van der Waals surface area contributed by atoms with Crippen molar-refractivity contribution in [2.45, 2.75) is 6.42 Å². The summed E-state index contributed by atoms with van der Waals surface area (Å²) in [7, 11) is 1.62. The molecule has 0 heterocycles. The molecule has 0 spiro atoms. The standard InChI is InChI=1S/C13H18Cl2N2O3/c1-19-5-6-20-4-2-3-17-13(18)9-7-10(14)12(16)11(15)8-9/h7-8H,2-6,16H2,1H3,(H,17,18). The lowest BCUT2D eigenvalue weighted by Crippen LogP contribution is -2.25. The zero-order valence-corrected chi connectivity index (χ0v) is 12.8. The first-order valence-electron chi connectivity index (χ1n) is 6.15. The first kappa shape index (κ1) is 17.0. The van der Waals surface area contributed by atoms with E-state index >= 15 is 0 Å². The van der Waals surface area contributed by atoms with Crippen LogP contribution < -0.4 is 11.1 Å². The van der Waals surface area contributed by atoms with Gasteiger partial charge in [0, 0.05) is 25.8 Å². The van der Waals surface area contributed by atoms with Crippen LogP contribution in [0.2, 0.25) is 10.0 Å². The first-order chi connectivity index (χ1) is 9.56. The molecule has 5 nitrogen and oxygen atoms in total. The Kier molecular flexibility index (Phi) is 7.69. The Morgan fingerprint density at radius 3 is 2.50 bits per heavy atom. The largest absolute Gasteiger partial charge is 0.396 e. The summed E-state index contributed by atoms with van der Waals surface area (Å²) < 4.78 is 10.1. The van der Waals surface area contributed by atoms with Gasteiger partial charge in [0.2, 0.25) is 0 Å². The van der Waals surface area contributed by atoms with Crippen LogP contribution in [0.5, 0.6) is 0 Å². The fourth-order valence-electron chi connectivity index (χ4n) is 1.44. The van der Waals surface area contributed by atoms with Gasteiger partial charge >= 0.3 is 0 Å². The van der Waals surface area contributed by atoms with Crippen LogP contribution in [0.4, 0.5) is 5.69 Å². The lowest BCUT2D eigenvalue weighted by Gasteiger charge is -2.08. The van der Waals surface area contributed by atoms with Crippen LogP contribution in [0.25, 0.3) is 0 Å². The van der Waals surface area contributed by atoms with Crippen LogP contribution in [0, 0.1) is 0 Å². The number of carbonyl (C=O) groups excluding carboxylic acids is 1. The van der Waals surface area contributed by atoms with Gasteiger partial charge in [-0.05, 0) is 18.6 Å². The lowest BCUT2D eigenvalue weighted by atomic mass is 10.2. The summed E-state index contributed by atoms with van der Waals surface area (Å²) in [4.78, 5) is 11.9. The maximum Gasteiger partial charge on any atom is 0.251 e. The molecular formula is C13H18Cl2N2O3. The van der Waals surface area contributed by atoms with Gasteiger partial charge in [-0.3, -0.25) is 4.79 Å². The zero-order valence-electron chi connectivity index (χ0n) is 11.2. The van der Waals surface area contributed by atoms with Gasteiger partial charge in [-0.25, -0.2) is 0 Å². The number of nitrogens with one attached hydrogen (secondary N) is 1. The molecule has 1 rings (SSSR count). The Morgan fingerprint density at radius 1 is 1.25 bits per heavy atom. The fourth-order valence-corrected chi connectivity index (χ4v) is 1.92. The number of hydrogen-bond acceptors (Lipinski definition) is 4. The molecule has 0 aliphatic rings. The quantitative estimate of drug-likeness (QED) is 0.569. The van der Waals surface area contributed by atoms with Crippen LogP contribution in [0.3, 0.4) is 0 Å². The van der Waals surface area contributed by atoms with Crippen molar-refractivity contribution in [2.24, 2.45) is 0 Å². The highest BCUT2D eigenvalue weighted by molar-refractivity contribution is 6.39. The number of anilines is 1. The van der Waals surface area contributed by atoms with Gasteiger partial charge in [0.15, 0.2) is 0 Å². The third-order valence-electron chi connectivity index (χ3n) is 2.52. The second-order valence-corrected chi connectivity index (χ2v) is 4.88. The molecule has 1 aromatic rings. The number of benzene rings is 1. The van der Waals surface area contributed by atoms with E-state index in [1.165, 1.54) is 12.1 Å². The van der Waals surface area contributed by atoms with Gasteiger partial charge < -0.3 is 20.5 Å². The van der Waals surface area contributed by atoms with Crippen molar-refractivity contribution < 1.29 is 14.3 Å². The molecule has 0 fully saturated rings. The summed E-state index contributed by atoms with van der Waals surface area (Å²) in [6.45, 7) is 2.18. The maximum atomic E-state index is 11.9. The summed E-state index contributed by atoms with van der Waals surface area (Å²) in [5.41, 5.74) is 6.27. The zero-order chi connectivity index (χ0) is 15.0. The Balaban J connectivity index is 2.33. The van der Waals surface area contributed by atoms with E-state index in [-0.39, 0.29) is 21.6 Å². The molecule has 112 valence electrons. The number of amides is 1. The lowest BCUT2D eigenvalue weighted by molar-refractivity contribution is 0.0688. The molecule has 0 aromatic heterocycles. The van der Waals surface area contributed by atoms with Gasteiger partial charge in [0.25, 0.3) is 5.91 Å². The molecule has 0 bridgehead atoms. The van der Waals surface area contributed by atoms with E-state index in [9.17, 15) is 4.79 Å². The molecule has 0 radical (unpaired) electrons. The Labute approximate surface area is 128 Å². The van der Waals surface area contributed by atoms with Gasteiger partial charge in [0.05, 0.1) is 28.9 Å². The third-order valence-corrected chi connectivity index (χ3v) is 3.15. The number of carbonyl (C=O) groups is 1. The predicted molar refractivity (Wildman–Crippen MR) is 80.5 cm³/mol. The molecule has 7 heteroatoms.